The van der Waals surface area contributed by atoms with Gasteiger partial charge in [0.1, 0.15) is 5.78 Å². The first-order chi connectivity index (χ1) is 8.66. The molecule has 1 aliphatic rings. The second-order valence-electron chi connectivity index (χ2n) is 4.53. The third-order valence-electron chi connectivity index (χ3n) is 3.23. The third kappa shape index (κ3) is 3.03. The van der Waals surface area contributed by atoms with Crippen LogP contribution in [-0.2, 0) is 4.79 Å². The fourth-order valence-corrected chi connectivity index (χ4v) is 2.15. The van der Waals surface area contributed by atoms with Crippen LogP contribution in [0.1, 0.15) is 31.2 Å². The molecule has 0 aromatic heterocycles. The van der Waals surface area contributed by atoms with Crippen LogP contribution in [0.3, 0.4) is 0 Å². The van der Waals surface area contributed by atoms with Crippen molar-refractivity contribution in [3.05, 3.63) is 46.0 Å². The van der Waals surface area contributed by atoms with E-state index in [4.69, 9.17) is 0 Å². The number of hydrogen-bond acceptors (Lipinski definition) is 3. The Bertz CT molecular complexity index is 476. The van der Waals surface area contributed by atoms with Crippen LogP contribution >= 0.6 is 0 Å². The van der Waals surface area contributed by atoms with Crippen LogP contribution in [0.15, 0.2) is 30.3 Å². The molecular weight excluding hydrogens is 230 g/mol. The van der Waals surface area contributed by atoms with Gasteiger partial charge < -0.3 is 0 Å². The largest absolute Gasteiger partial charge is 0.299 e. The molecular formula is C14H15NO3. The molecule has 0 bridgehead atoms. The van der Waals surface area contributed by atoms with Crippen molar-refractivity contribution in [2.24, 2.45) is 5.92 Å². The first-order valence-corrected chi connectivity index (χ1v) is 6.12. The molecule has 18 heavy (non-hydrogen) atoms. The van der Waals surface area contributed by atoms with E-state index in [9.17, 15) is 14.9 Å². The van der Waals surface area contributed by atoms with Gasteiger partial charge in [-0.15, -0.1) is 0 Å². The fourth-order valence-electron chi connectivity index (χ4n) is 2.15. The van der Waals surface area contributed by atoms with E-state index < -0.39 is 4.92 Å². The summed E-state index contributed by atoms with van der Waals surface area (Å²) in [5.41, 5.74) is 0.972. The van der Waals surface area contributed by atoms with Crippen molar-refractivity contribution in [2.45, 2.75) is 25.7 Å². The van der Waals surface area contributed by atoms with Crippen molar-refractivity contribution in [3.8, 4) is 0 Å². The number of allylic oxidation sites excluding steroid dienone is 1. The Morgan fingerprint density at radius 3 is 2.56 bits per heavy atom. The minimum absolute atomic E-state index is 0.0222. The quantitative estimate of drug-likeness (QED) is 0.606. The van der Waals surface area contributed by atoms with Gasteiger partial charge in [0, 0.05) is 24.5 Å². The van der Waals surface area contributed by atoms with Gasteiger partial charge in [-0.2, -0.15) is 0 Å². The monoisotopic (exact) mass is 245 g/mol. The van der Waals surface area contributed by atoms with Gasteiger partial charge in [0.15, 0.2) is 0 Å². The molecule has 0 radical (unpaired) electrons. The van der Waals surface area contributed by atoms with Gasteiger partial charge >= 0.3 is 0 Å². The summed E-state index contributed by atoms with van der Waals surface area (Å²) < 4.78 is 0. The van der Waals surface area contributed by atoms with Crippen LogP contribution in [0.25, 0.3) is 6.08 Å². The summed E-state index contributed by atoms with van der Waals surface area (Å²) in [5, 5.41) is 10.5. The number of hydrogen-bond donors (Lipinski definition) is 0. The molecule has 0 N–H and O–H groups in total. The molecule has 1 aliphatic carbocycles. The average Bonchev–Trinajstić information content (AvgIpc) is 2.38. The lowest BCUT2D eigenvalue weighted by Gasteiger charge is -2.16. The third-order valence-corrected chi connectivity index (χ3v) is 3.23. The van der Waals surface area contributed by atoms with Crippen molar-refractivity contribution < 1.29 is 9.72 Å². The normalized spacial score (nSPS) is 20.2. The molecule has 0 heterocycles. The standard InChI is InChI=1S/C14H15NO3/c16-14-4-2-1-3-12(14)8-5-11-6-9-13(10-7-11)15(17)18/h5-10,12H,1-4H2/b8-5+/t12-/m0/s1. The molecule has 0 saturated heterocycles. The second kappa shape index (κ2) is 5.58. The molecule has 4 nitrogen and oxygen atoms in total. The predicted molar refractivity (Wildman–Crippen MR) is 69.1 cm³/mol. The molecule has 1 atom stereocenters. The first-order valence-electron chi connectivity index (χ1n) is 6.12. The Morgan fingerprint density at radius 2 is 1.94 bits per heavy atom. The van der Waals surface area contributed by atoms with E-state index in [0.717, 1.165) is 24.8 Å². The number of benzene rings is 1. The second-order valence-corrected chi connectivity index (χ2v) is 4.53. The summed E-state index contributed by atoms with van der Waals surface area (Å²) in [6, 6.07) is 6.34. The molecule has 94 valence electrons. The maximum absolute atomic E-state index is 11.6. The van der Waals surface area contributed by atoms with Gasteiger partial charge in [-0.3, -0.25) is 14.9 Å². The van der Waals surface area contributed by atoms with E-state index >= 15 is 0 Å². The summed E-state index contributed by atoms with van der Waals surface area (Å²) in [7, 11) is 0. The zero-order chi connectivity index (χ0) is 13.0. The number of non-ortho nitro benzene ring substituents is 1. The van der Waals surface area contributed by atoms with E-state index in [-0.39, 0.29) is 11.6 Å². The number of nitro benzene ring substituents is 1. The Hall–Kier alpha value is -1.97. The summed E-state index contributed by atoms with van der Waals surface area (Å²) in [5.74, 6) is 0.327. The molecule has 0 amide bonds. The fraction of sp³-hybridized carbons (Fsp3) is 0.357. The predicted octanol–water partition coefficient (Wildman–Crippen LogP) is 3.37. The number of Topliss-reactive ketones (excluding diaryl/α,β-unsaturated/α-hetero) is 1. The molecule has 0 spiro atoms. The number of rotatable bonds is 3. The molecule has 1 aromatic carbocycles. The van der Waals surface area contributed by atoms with E-state index in [1.165, 1.54) is 12.1 Å². The zero-order valence-corrected chi connectivity index (χ0v) is 10.0. The van der Waals surface area contributed by atoms with E-state index in [1.807, 2.05) is 12.2 Å². The van der Waals surface area contributed by atoms with Crippen LogP contribution in [-0.4, -0.2) is 10.7 Å². The van der Waals surface area contributed by atoms with Gasteiger partial charge in [-0.25, -0.2) is 0 Å². The first kappa shape index (κ1) is 12.5. The molecule has 1 aromatic rings. The van der Waals surface area contributed by atoms with E-state index in [0.29, 0.717) is 12.2 Å². The summed E-state index contributed by atoms with van der Waals surface area (Å²) in [6.45, 7) is 0. The van der Waals surface area contributed by atoms with Crippen molar-refractivity contribution in [1.82, 2.24) is 0 Å². The van der Waals surface area contributed by atoms with Gasteiger partial charge in [0.05, 0.1) is 4.92 Å². The van der Waals surface area contributed by atoms with Crippen LogP contribution in [0.2, 0.25) is 0 Å². The van der Waals surface area contributed by atoms with Gasteiger partial charge in [0.25, 0.3) is 5.69 Å². The van der Waals surface area contributed by atoms with Crippen molar-refractivity contribution in [1.29, 1.82) is 0 Å². The maximum Gasteiger partial charge on any atom is 0.269 e. The molecule has 0 unspecified atom stereocenters. The van der Waals surface area contributed by atoms with E-state index in [1.54, 1.807) is 12.1 Å². The summed E-state index contributed by atoms with van der Waals surface area (Å²) >= 11 is 0. The van der Waals surface area contributed by atoms with E-state index in [2.05, 4.69) is 0 Å². The lowest BCUT2D eigenvalue weighted by Crippen LogP contribution is -2.16. The molecule has 0 aliphatic heterocycles. The molecule has 1 fully saturated rings. The smallest absolute Gasteiger partial charge is 0.269 e. The number of carbonyl (C=O) groups excluding carboxylic acids is 1. The maximum atomic E-state index is 11.6. The highest BCUT2D eigenvalue weighted by atomic mass is 16.6. The van der Waals surface area contributed by atoms with Crippen LogP contribution < -0.4 is 0 Å². The Balaban J connectivity index is 2.04. The van der Waals surface area contributed by atoms with Crippen LogP contribution in [0.4, 0.5) is 5.69 Å². The molecule has 2 rings (SSSR count). The van der Waals surface area contributed by atoms with Crippen molar-refractivity contribution >= 4 is 17.5 Å². The Morgan fingerprint density at radius 1 is 1.22 bits per heavy atom. The topological polar surface area (TPSA) is 60.2 Å². The SMILES string of the molecule is O=C1CCCC[C@H]1/C=C/c1ccc([N+](=O)[O-])cc1. The van der Waals surface area contributed by atoms with Gasteiger partial charge in [-0.05, 0) is 30.5 Å². The lowest BCUT2D eigenvalue weighted by atomic mass is 9.87. The van der Waals surface area contributed by atoms with Gasteiger partial charge in [0.2, 0.25) is 0 Å². The minimum atomic E-state index is -0.418. The minimum Gasteiger partial charge on any atom is -0.299 e. The lowest BCUT2D eigenvalue weighted by molar-refractivity contribution is -0.384. The molecule has 1 saturated carbocycles. The average molecular weight is 245 g/mol. The highest BCUT2D eigenvalue weighted by molar-refractivity contribution is 5.84. The summed E-state index contributed by atoms with van der Waals surface area (Å²) in [6.07, 6.45) is 7.49. The van der Waals surface area contributed by atoms with Crippen LogP contribution in [0.5, 0.6) is 0 Å². The van der Waals surface area contributed by atoms with Crippen LogP contribution in [0, 0.1) is 16.0 Å². The molecule has 4 heteroatoms. The number of nitrogens with zero attached hydrogens (tertiary/aromatic N) is 1. The number of ketones is 1. The number of nitro groups is 1. The Kier molecular flexibility index (Phi) is 3.87. The highest BCUT2D eigenvalue weighted by Gasteiger charge is 2.18. The Labute approximate surface area is 105 Å². The summed E-state index contributed by atoms with van der Waals surface area (Å²) in [4.78, 5) is 21.7. The van der Waals surface area contributed by atoms with Gasteiger partial charge in [-0.1, -0.05) is 18.6 Å². The zero-order valence-electron chi connectivity index (χ0n) is 10.0. The van der Waals surface area contributed by atoms with Crippen molar-refractivity contribution in [2.75, 3.05) is 0 Å². The number of carbonyl (C=O) groups is 1. The van der Waals surface area contributed by atoms with Crippen molar-refractivity contribution in [3.63, 3.8) is 0 Å². The highest BCUT2D eigenvalue weighted by Crippen LogP contribution is 2.22.